The Hall–Kier alpha value is -2.41. The molecule has 1 N–H and O–H groups in total. The average Bonchev–Trinajstić information content (AvgIpc) is 3.25. The third kappa shape index (κ3) is 3.51. The number of benzene rings is 2. The first kappa shape index (κ1) is 18.9. The summed E-state index contributed by atoms with van der Waals surface area (Å²) in [5.74, 6) is -0.000383. The van der Waals surface area contributed by atoms with Crippen molar-refractivity contribution in [2.24, 2.45) is 0 Å². The van der Waals surface area contributed by atoms with Crippen molar-refractivity contribution < 1.29 is 24.1 Å². The molecule has 0 bridgehead atoms. The van der Waals surface area contributed by atoms with Crippen LogP contribution in [-0.4, -0.2) is 55.0 Å². The van der Waals surface area contributed by atoms with Crippen LogP contribution in [0.3, 0.4) is 0 Å². The van der Waals surface area contributed by atoms with E-state index < -0.39 is 18.4 Å². The molecule has 4 rings (SSSR count). The van der Waals surface area contributed by atoms with Gasteiger partial charge < -0.3 is 19.3 Å². The molecule has 1 amide bonds. The molecule has 0 spiro atoms. The number of hydrogen-bond donors (Lipinski definition) is 1. The second-order valence-electron chi connectivity index (χ2n) is 7.10. The van der Waals surface area contributed by atoms with E-state index in [2.05, 4.69) is 24.3 Å². The fourth-order valence-corrected chi connectivity index (χ4v) is 3.90. The van der Waals surface area contributed by atoms with E-state index >= 15 is 0 Å². The molecule has 0 aromatic heterocycles. The number of ether oxygens (including phenoxy) is 3. The predicted octanol–water partition coefficient (Wildman–Crippen LogP) is 3.34. The maximum atomic E-state index is 12.7. The molecule has 148 valence electrons. The Morgan fingerprint density at radius 2 is 1.75 bits per heavy atom. The summed E-state index contributed by atoms with van der Waals surface area (Å²) < 4.78 is 16.4. The minimum atomic E-state index is -1.06. The smallest absolute Gasteiger partial charge is 0.412 e. The van der Waals surface area contributed by atoms with E-state index in [4.69, 9.17) is 14.2 Å². The molecule has 1 fully saturated rings. The zero-order valence-corrected chi connectivity index (χ0v) is 15.9. The Balaban J connectivity index is 1.45. The molecule has 2 aromatic rings. The summed E-state index contributed by atoms with van der Waals surface area (Å²) in [7, 11) is 0. The second kappa shape index (κ2) is 8.31. The van der Waals surface area contributed by atoms with Crippen LogP contribution < -0.4 is 0 Å². The molecule has 1 heterocycles. The van der Waals surface area contributed by atoms with Crippen LogP contribution in [0.4, 0.5) is 4.79 Å². The highest BCUT2D eigenvalue weighted by Crippen LogP contribution is 2.44. The van der Waals surface area contributed by atoms with Gasteiger partial charge in [-0.05, 0) is 28.7 Å². The highest BCUT2D eigenvalue weighted by Gasteiger charge is 2.39. The Morgan fingerprint density at radius 1 is 1.11 bits per heavy atom. The molecule has 0 radical (unpaired) electrons. The van der Waals surface area contributed by atoms with Crippen LogP contribution in [0, 0.1) is 0 Å². The topological polar surface area (TPSA) is 68.2 Å². The largest absolute Gasteiger partial charge is 0.448 e. The fourth-order valence-electron chi connectivity index (χ4n) is 3.90. The maximum absolute atomic E-state index is 12.7. The van der Waals surface area contributed by atoms with Crippen molar-refractivity contribution in [3.8, 4) is 11.1 Å². The van der Waals surface area contributed by atoms with Gasteiger partial charge in [0, 0.05) is 12.5 Å². The predicted molar refractivity (Wildman–Crippen MR) is 104 cm³/mol. The van der Waals surface area contributed by atoms with Crippen molar-refractivity contribution in [2.75, 3.05) is 26.6 Å². The first-order valence-electron chi connectivity index (χ1n) is 9.69. The molecule has 1 saturated heterocycles. The Bertz CT molecular complexity index is 794. The number of hydrogen-bond acceptors (Lipinski definition) is 5. The lowest BCUT2D eigenvalue weighted by atomic mass is 9.98. The van der Waals surface area contributed by atoms with Crippen molar-refractivity contribution in [3.63, 3.8) is 0 Å². The van der Waals surface area contributed by atoms with Gasteiger partial charge in [0.25, 0.3) is 0 Å². The van der Waals surface area contributed by atoms with Gasteiger partial charge in [0.05, 0.1) is 6.61 Å². The fraction of sp³-hybridized carbons (Fsp3) is 0.409. The Kier molecular flexibility index (Phi) is 5.62. The van der Waals surface area contributed by atoms with Gasteiger partial charge in [0.1, 0.15) is 19.4 Å². The Morgan fingerprint density at radius 3 is 2.39 bits per heavy atom. The number of aliphatic hydroxyl groups excluding tert-OH is 1. The number of carbonyl (C=O) groups is 1. The number of carbonyl (C=O) groups excluding carboxylic acids is 1. The third-order valence-corrected chi connectivity index (χ3v) is 5.32. The lowest BCUT2D eigenvalue weighted by Gasteiger charge is -2.24. The number of amides is 1. The number of aliphatic hydroxyl groups is 1. The molecule has 6 nitrogen and oxygen atoms in total. The van der Waals surface area contributed by atoms with Crippen LogP contribution in [-0.2, 0) is 14.2 Å². The van der Waals surface area contributed by atoms with E-state index in [9.17, 15) is 9.90 Å². The van der Waals surface area contributed by atoms with E-state index in [1.807, 2.05) is 31.2 Å². The highest BCUT2D eigenvalue weighted by atomic mass is 16.6. The summed E-state index contributed by atoms with van der Waals surface area (Å²) in [6.07, 6.45) is -0.685. The highest BCUT2D eigenvalue weighted by molar-refractivity contribution is 5.79. The van der Waals surface area contributed by atoms with E-state index in [1.54, 1.807) is 0 Å². The molecule has 0 saturated carbocycles. The van der Waals surface area contributed by atoms with Gasteiger partial charge in [-0.15, -0.1) is 0 Å². The summed E-state index contributed by atoms with van der Waals surface area (Å²) in [6, 6.07) is 15.9. The third-order valence-electron chi connectivity index (χ3n) is 5.32. The first-order chi connectivity index (χ1) is 13.7. The van der Waals surface area contributed by atoms with Crippen molar-refractivity contribution in [2.45, 2.75) is 31.6 Å². The van der Waals surface area contributed by atoms with Gasteiger partial charge in [0.2, 0.25) is 0 Å². The lowest BCUT2D eigenvalue weighted by molar-refractivity contribution is -0.0781. The molecule has 6 heteroatoms. The number of rotatable bonds is 6. The molecule has 1 unspecified atom stereocenters. The summed E-state index contributed by atoms with van der Waals surface area (Å²) in [6.45, 7) is 3.03. The van der Waals surface area contributed by atoms with E-state index in [0.29, 0.717) is 6.61 Å². The molecular formula is C22H25NO5. The van der Waals surface area contributed by atoms with Crippen LogP contribution in [0.2, 0.25) is 0 Å². The summed E-state index contributed by atoms with van der Waals surface area (Å²) in [5.41, 5.74) is 4.70. The molecule has 2 aromatic carbocycles. The minimum absolute atomic E-state index is 0.000383. The standard InChI is InChI=1S/C22H25NO5/c1-2-11-26-13-20-21(24)28-14-23(20)22(25)27-12-19-17-9-5-3-7-15(17)16-8-4-6-10-18(16)19/h3-10,19-21,24H,2,11-14H2,1H3/t20-,21?/m1/s1. The van der Waals surface area contributed by atoms with E-state index in [1.165, 1.54) is 16.0 Å². The molecule has 2 aliphatic rings. The van der Waals surface area contributed by atoms with Crippen LogP contribution in [0.15, 0.2) is 48.5 Å². The van der Waals surface area contributed by atoms with Crippen molar-refractivity contribution >= 4 is 6.09 Å². The molecule has 1 aliphatic heterocycles. The Labute approximate surface area is 164 Å². The van der Waals surface area contributed by atoms with Crippen LogP contribution in [0.5, 0.6) is 0 Å². The van der Waals surface area contributed by atoms with E-state index in [0.717, 1.165) is 17.5 Å². The van der Waals surface area contributed by atoms with Gasteiger partial charge in [-0.3, -0.25) is 4.90 Å². The van der Waals surface area contributed by atoms with E-state index in [-0.39, 0.29) is 25.9 Å². The van der Waals surface area contributed by atoms with Gasteiger partial charge in [-0.2, -0.15) is 0 Å². The van der Waals surface area contributed by atoms with Crippen molar-refractivity contribution in [1.82, 2.24) is 4.90 Å². The van der Waals surface area contributed by atoms with Crippen LogP contribution >= 0.6 is 0 Å². The number of fused-ring (bicyclic) bond motifs is 3. The average molecular weight is 383 g/mol. The molecular weight excluding hydrogens is 358 g/mol. The summed E-state index contributed by atoms with van der Waals surface area (Å²) in [5, 5.41) is 10.00. The van der Waals surface area contributed by atoms with Gasteiger partial charge in [-0.25, -0.2) is 4.79 Å². The zero-order chi connectivity index (χ0) is 19.5. The van der Waals surface area contributed by atoms with Crippen LogP contribution in [0.1, 0.15) is 30.4 Å². The maximum Gasteiger partial charge on any atom is 0.412 e. The molecule has 28 heavy (non-hydrogen) atoms. The molecule has 2 atom stereocenters. The SMILES string of the molecule is CCCOC[C@@H]1C(O)OCN1C(=O)OCC1c2ccccc2-c2ccccc21. The van der Waals surface area contributed by atoms with Gasteiger partial charge in [0.15, 0.2) is 6.29 Å². The monoisotopic (exact) mass is 383 g/mol. The van der Waals surface area contributed by atoms with Crippen molar-refractivity contribution in [1.29, 1.82) is 0 Å². The van der Waals surface area contributed by atoms with Crippen LogP contribution in [0.25, 0.3) is 11.1 Å². The van der Waals surface area contributed by atoms with Gasteiger partial charge in [-0.1, -0.05) is 55.5 Å². The van der Waals surface area contributed by atoms with Gasteiger partial charge >= 0.3 is 6.09 Å². The first-order valence-corrected chi connectivity index (χ1v) is 9.69. The zero-order valence-electron chi connectivity index (χ0n) is 15.9. The second-order valence-corrected chi connectivity index (χ2v) is 7.10. The number of nitrogens with zero attached hydrogens (tertiary/aromatic N) is 1. The lowest BCUT2D eigenvalue weighted by Crippen LogP contribution is -2.43. The molecule has 1 aliphatic carbocycles. The van der Waals surface area contributed by atoms with Crippen molar-refractivity contribution in [3.05, 3.63) is 59.7 Å². The summed E-state index contributed by atoms with van der Waals surface area (Å²) in [4.78, 5) is 14.1. The quantitative estimate of drug-likeness (QED) is 0.775. The minimum Gasteiger partial charge on any atom is -0.448 e. The normalized spacial score (nSPS) is 20.9. The summed E-state index contributed by atoms with van der Waals surface area (Å²) >= 11 is 0.